The second-order valence-electron chi connectivity index (χ2n) is 8.97. The van der Waals surface area contributed by atoms with Crippen LogP contribution >= 0.6 is 0 Å². The Morgan fingerprint density at radius 2 is 1.58 bits per heavy atom. The van der Waals surface area contributed by atoms with Gasteiger partial charge in [0, 0.05) is 75.7 Å². The number of hydrogen-bond donors (Lipinski definition) is 0. The molecule has 31 heavy (non-hydrogen) atoms. The Balaban J connectivity index is 1.10. The Kier molecular flexibility index (Phi) is 5.76. The maximum atomic E-state index is 12.9. The van der Waals surface area contributed by atoms with Gasteiger partial charge in [0.15, 0.2) is 0 Å². The molecule has 1 aliphatic carbocycles. The fourth-order valence-electron chi connectivity index (χ4n) is 4.54. The van der Waals surface area contributed by atoms with Crippen LogP contribution in [0.25, 0.3) is 0 Å². The van der Waals surface area contributed by atoms with Crippen LogP contribution in [-0.2, 0) is 4.79 Å². The van der Waals surface area contributed by atoms with E-state index in [1.54, 1.807) is 0 Å². The van der Waals surface area contributed by atoms with Gasteiger partial charge in [0.05, 0.1) is 6.54 Å². The zero-order chi connectivity index (χ0) is 21.2. The average Bonchev–Trinajstić information content (AvgIpc) is 3.65. The predicted octanol–water partition coefficient (Wildman–Crippen LogP) is 2.13. The summed E-state index contributed by atoms with van der Waals surface area (Å²) < 4.78 is 0. The third kappa shape index (κ3) is 4.82. The SMILES string of the molecule is Cc1cc(N2CCN(CC(=O)N3CCN(c4ccccc4)CC3)CC2)nc(C2CC2)n1. The maximum absolute atomic E-state index is 12.9. The minimum absolute atomic E-state index is 0.259. The summed E-state index contributed by atoms with van der Waals surface area (Å²) in [5.41, 5.74) is 2.30. The van der Waals surface area contributed by atoms with Gasteiger partial charge in [-0.05, 0) is 31.9 Å². The number of benzene rings is 1. The van der Waals surface area contributed by atoms with Gasteiger partial charge in [-0.15, -0.1) is 0 Å². The molecular formula is C24H32N6O. The zero-order valence-corrected chi connectivity index (χ0v) is 18.4. The second-order valence-corrected chi connectivity index (χ2v) is 8.97. The highest BCUT2D eigenvalue weighted by Gasteiger charge is 2.29. The number of para-hydroxylation sites is 1. The lowest BCUT2D eigenvalue weighted by Gasteiger charge is -2.39. The molecule has 2 aliphatic heterocycles. The van der Waals surface area contributed by atoms with Gasteiger partial charge in [-0.25, -0.2) is 9.97 Å². The lowest BCUT2D eigenvalue weighted by Crippen LogP contribution is -2.54. The van der Waals surface area contributed by atoms with Crippen molar-refractivity contribution in [2.45, 2.75) is 25.7 Å². The van der Waals surface area contributed by atoms with Gasteiger partial charge in [0.25, 0.3) is 0 Å². The zero-order valence-electron chi connectivity index (χ0n) is 18.4. The van der Waals surface area contributed by atoms with Crippen LogP contribution in [0.3, 0.4) is 0 Å². The van der Waals surface area contributed by atoms with Crippen LogP contribution < -0.4 is 9.80 Å². The van der Waals surface area contributed by atoms with E-state index in [9.17, 15) is 4.79 Å². The Morgan fingerprint density at radius 1 is 0.903 bits per heavy atom. The smallest absolute Gasteiger partial charge is 0.236 e. The van der Waals surface area contributed by atoms with Crippen LogP contribution in [0, 0.1) is 6.92 Å². The van der Waals surface area contributed by atoms with Crippen LogP contribution in [0.15, 0.2) is 36.4 Å². The van der Waals surface area contributed by atoms with Gasteiger partial charge in [-0.3, -0.25) is 9.69 Å². The molecule has 2 aromatic rings. The van der Waals surface area contributed by atoms with Gasteiger partial charge in [0.2, 0.25) is 5.91 Å². The van der Waals surface area contributed by atoms with E-state index in [0.717, 1.165) is 69.7 Å². The van der Waals surface area contributed by atoms with E-state index in [0.29, 0.717) is 12.5 Å². The van der Waals surface area contributed by atoms with Crippen molar-refractivity contribution in [1.82, 2.24) is 19.8 Å². The van der Waals surface area contributed by atoms with Gasteiger partial charge >= 0.3 is 0 Å². The summed E-state index contributed by atoms with van der Waals surface area (Å²) in [6.45, 7) is 9.62. The van der Waals surface area contributed by atoms with E-state index >= 15 is 0 Å². The molecular weight excluding hydrogens is 388 g/mol. The molecule has 1 amide bonds. The van der Waals surface area contributed by atoms with Crippen molar-refractivity contribution in [3.63, 3.8) is 0 Å². The topological polar surface area (TPSA) is 55.8 Å². The fourth-order valence-corrected chi connectivity index (χ4v) is 4.54. The first-order valence-electron chi connectivity index (χ1n) is 11.6. The molecule has 1 aromatic carbocycles. The molecule has 1 saturated carbocycles. The minimum atomic E-state index is 0.259. The van der Waals surface area contributed by atoms with Gasteiger partial charge in [0.1, 0.15) is 11.6 Å². The molecule has 3 fully saturated rings. The number of aromatic nitrogens is 2. The number of hydrogen-bond acceptors (Lipinski definition) is 6. The highest BCUT2D eigenvalue weighted by molar-refractivity contribution is 5.78. The molecule has 7 heteroatoms. The third-order valence-electron chi connectivity index (χ3n) is 6.61. The van der Waals surface area contributed by atoms with Gasteiger partial charge in [-0.1, -0.05) is 18.2 Å². The summed E-state index contributed by atoms with van der Waals surface area (Å²) in [6.07, 6.45) is 2.44. The molecule has 0 spiro atoms. The number of carbonyl (C=O) groups excluding carboxylic acids is 1. The number of amides is 1. The molecule has 2 saturated heterocycles. The van der Waals surface area contributed by atoms with E-state index < -0.39 is 0 Å². The van der Waals surface area contributed by atoms with Crippen LogP contribution in [0.5, 0.6) is 0 Å². The normalized spacial score (nSPS) is 20.2. The quantitative estimate of drug-likeness (QED) is 0.739. The summed E-state index contributed by atoms with van der Waals surface area (Å²) in [5.74, 6) is 2.90. The number of aryl methyl sites for hydroxylation is 1. The number of nitrogens with zero attached hydrogens (tertiary/aromatic N) is 6. The van der Waals surface area contributed by atoms with Crippen molar-refractivity contribution in [1.29, 1.82) is 0 Å². The molecule has 3 heterocycles. The van der Waals surface area contributed by atoms with E-state index in [1.807, 2.05) is 11.0 Å². The fraction of sp³-hybridized carbons (Fsp3) is 0.542. The first-order chi connectivity index (χ1) is 15.2. The van der Waals surface area contributed by atoms with Crippen molar-refractivity contribution < 1.29 is 4.79 Å². The minimum Gasteiger partial charge on any atom is -0.368 e. The van der Waals surface area contributed by atoms with Crippen molar-refractivity contribution in [3.05, 3.63) is 47.9 Å². The summed E-state index contributed by atoms with van der Waals surface area (Å²) >= 11 is 0. The molecule has 0 N–H and O–H groups in total. The first-order valence-corrected chi connectivity index (χ1v) is 11.6. The highest BCUT2D eigenvalue weighted by atomic mass is 16.2. The molecule has 0 atom stereocenters. The molecule has 5 rings (SSSR count). The maximum Gasteiger partial charge on any atom is 0.236 e. The number of carbonyl (C=O) groups is 1. The first kappa shape index (κ1) is 20.2. The summed E-state index contributed by atoms with van der Waals surface area (Å²) in [7, 11) is 0. The van der Waals surface area contributed by atoms with E-state index in [-0.39, 0.29) is 5.91 Å². The lowest BCUT2D eigenvalue weighted by molar-refractivity contribution is -0.132. The molecule has 7 nitrogen and oxygen atoms in total. The standard InChI is InChI=1S/C24H32N6O/c1-19-17-22(26-24(25-19)20-7-8-20)29-11-9-27(10-12-29)18-23(31)30-15-13-28(14-16-30)21-5-3-2-4-6-21/h2-6,17,20H,7-16,18H2,1H3. The molecule has 0 unspecified atom stereocenters. The number of rotatable bonds is 5. The Morgan fingerprint density at radius 3 is 2.26 bits per heavy atom. The van der Waals surface area contributed by atoms with E-state index in [4.69, 9.17) is 4.98 Å². The summed E-state index contributed by atoms with van der Waals surface area (Å²) in [6, 6.07) is 12.6. The van der Waals surface area contributed by atoms with Crippen LogP contribution in [-0.4, -0.2) is 84.6 Å². The summed E-state index contributed by atoms with van der Waals surface area (Å²) in [5, 5.41) is 0. The highest BCUT2D eigenvalue weighted by Crippen LogP contribution is 2.38. The van der Waals surface area contributed by atoms with Crippen molar-refractivity contribution in [2.24, 2.45) is 0 Å². The molecule has 1 aromatic heterocycles. The van der Waals surface area contributed by atoms with Gasteiger partial charge in [-0.2, -0.15) is 0 Å². The summed E-state index contributed by atoms with van der Waals surface area (Å²) in [4.78, 5) is 31.3. The average molecular weight is 421 g/mol. The molecule has 0 radical (unpaired) electrons. The van der Waals surface area contributed by atoms with Gasteiger partial charge < -0.3 is 14.7 Å². The monoisotopic (exact) mass is 420 g/mol. The molecule has 3 aliphatic rings. The van der Waals surface area contributed by atoms with Crippen LogP contribution in [0.2, 0.25) is 0 Å². The van der Waals surface area contributed by atoms with E-state index in [2.05, 4.69) is 56.9 Å². The molecule has 0 bridgehead atoms. The Bertz CT molecular complexity index is 900. The Labute approximate surface area is 184 Å². The van der Waals surface area contributed by atoms with Crippen LogP contribution in [0.1, 0.15) is 30.3 Å². The van der Waals surface area contributed by atoms with Crippen molar-refractivity contribution in [2.75, 3.05) is 68.7 Å². The predicted molar refractivity (Wildman–Crippen MR) is 123 cm³/mol. The third-order valence-corrected chi connectivity index (χ3v) is 6.61. The van der Waals surface area contributed by atoms with Crippen LogP contribution in [0.4, 0.5) is 11.5 Å². The Hall–Kier alpha value is -2.67. The van der Waals surface area contributed by atoms with Crippen molar-refractivity contribution >= 4 is 17.4 Å². The lowest BCUT2D eigenvalue weighted by atomic mass is 10.2. The van der Waals surface area contributed by atoms with Crippen molar-refractivity contribution in [3.8, 4) is 0 Å². The second kappa shape index (κ2) is 8.83. The number of anilines is 2. The largest absolute Gasteiger partial charge is 0.368 e. The van der Waals surface area contributed by atoms with E-state index in [1.165, 1.54) is 18.5 Å². The molecule has 164 valence electrons. The number of piperazine rings is 2.